The van der Waals surface area contributed by atoms with Gasteiger partial charge in [-0.05, 0) is 49.6 Å². The normalized spacial score (nSPS) is 15.0. The van der Waals surface area contributed by atoms with Gasteiger partial charge in [0.15, 0.2) is 5.82 Å². The number of rotatable bonds is 5. The maximum Gasteiger partial charge on any atom is 0.263 e. The molecule has 4 rings (SSSR count). The molecule has 1 aromatic carbocycles. The Labute approximate surface area is 168 Å². The number of aromatic nitrogens is 3. The van der Waals surface area contributed by atoms with Crippen molar-refractivity contribution in [1.82, 2.24) is 19.8 Å². The van der Waals surface area contributed by atoms with Gasteiger partial charge in [-0.2, -0.15) is 5.10 Å². The summed E-state index contributed by atoms with van der Waals surface area (Å²) >= 11 is 0. The van der Waals surface area contributed by atoms with Gasteiger partial charge in [-0.3, -0.25) is 14.2 Å². The molecule has 0 fully saturated rings. The molecule has 0 radical (unpaired) electrons. The second kappa shape index (κ2) is 7.36. The maximum absolute atomic E-state index is 12.8. The first-order valence-corrected chi connectivity index (χ1v) is 10.7. The smallest absolute Gasteiger partial charge is 0.263 e. The molecule has 1 amide bonds. The van der Waals surface area contributed by atoms with Gasteiger partial charge in [-0.1, -0.05) is 11.2 Å². The monoisotopic (exact) mass is 415 g/mol. The van der Waals surface area contributed by atoms with Gasteiger partial charge in [0, 0.05) is 31.5 Å². The Morgan fingerprint density at radius 1 is 1.28 bits per heavy atom. The third-order valence-electron chi connectivity index (χ3n) is 4.96. The van der Waals surface area contributed by atoms with Gasteiger partial charge in [-0.15, -0.1) is 0 Å². The number of benzene rings is 1. The molecule has 1 N–H and O–H groups in total. The molecular weight excluding hydrogens is 394 g/mol. The van der Waals surface area contributed by atoms with Gasteiger partial charge in [-0.25, -0.2) is 8.42 Å². The van der Waals surface area contributed by atoms with E-state index in [4.69, 9.17) is 4.52 Å². The first-order valence-electron chi connectivity index (χ1n) is 9.19. The van der Waals surface area contributed by atoms with E-state index in [2.05, 4.69) is 15.0 Å². The maximum atomic E-state index is 12.8. The molecule has 1 atom stereocenters. The Hall–Kier alpha value is -3.14. The molecule has 3 aromatic rings. The second-order valence-corrected chi connectivity index (χ2v) is 8.71. The number of nitrogens with one attached hydrogen (secondary N) is 1. The summed E-state index contributed by atoms with van der Waals surface area (Å²) in [7, 11) is -3.81. The van der Waals surface area contributed by atoms with Crippen LogP contribution >= 0.6 is 0 Å². The molecule has 0 saturated carbocycles. The van der Waals surface area contributed by atoms with Crippen LogP contribution in [0.4, 0.5) is 5.82 Å². The summed E-state index contributed by atoms with van der Waals surface area (Å²) in [4.78, 5) is 14.7. The van der Waals surface area contributed by atoms with Crippen LogP contribution in [0.15, 0.2) is 52.1 Å². The van der Waals surface area contributed by atoms with Gasteiger partial charge in [0.05, 0.1) is 4.90 Å². The fourth-order valence-electron chi connectivity index (χ4n) is 3.39. The standard InChI is InChI=1S/C19H21N5O4S/c1-13-10-18(21-28-13)22-29(26,27)17-5-4-15-6-9-23(12-16(15)11-17)19(25)14(2)24-8-3-7-20-24/h3-5,7-8,10-11,14H,6,9,12H2,1-2H3,(H,21,22)/t14-/m1/s1. The van der Waals surface area contributed by atoms with Crippen molar-refractivity contribution in [3.8, 4) is 0 Å². The van der Waals surface area contributed by atoms with Crippen LogP contribution in [0.5, 0.6) is 0 Å². The first kappa shape index (κ1) is 19.2. The first-order chi connectivity index (χ1) is 13.8. The van der Waals surface area contributed by atoms with Gasteiger partial charge in [0.1, 0.15) is 11.8 Å². The number of hydrogen-bond donors (Lipinski definition) is 1. The zero-order valence-electron chi connectivity index (χ0n) is 16.1. The third kappa shape index (κ3) is 3.88. The Balaban J connectivity index is 1.54. The van der Waals surface area contributed by atoms with Crippen molar-refractivity contribution in [3.63, 3.8) is 0 Å². The summed E-state index contributed by atoms with van der Waals surface area (Å²) in [6.07, 6.45) is 4.06. The van der Waals surface area contributed by atoms with Crippen molar-refractivity contribution in [2.24, 2.45) is 0 Å². The van der Waals surface area contributed by atoms with E-state index in [1.54, 1.807) is 60.1 Å². The van der Waals surface area contributed by atoms with E-state index in [0.29, 0.717) is 25.3 Å². The second-order valence-electron chi connectivity index (χ2n) is 7.03. The molecule has 0 spiro atoms. The number of anilines is 1. The Morgan fingerprint density at radius 2 is 2.10 bits per heavy atom. The van der Waals surface area contributed by atoms with Crippen molar-refractivity contribution >= 4 is 21.7 Å². The van der Waals surface area contributed by atoms with Crippen LogP contribution in [0.25, 0.3) is 0 Å². The predicted octanol–water partition coefficient (Wildman–Crippen LogP) is 2.13. The largest absolute Gasteiger partial charge is 0.360 e. The van der Waals surface area contributed by atoms with Crippen molar-refractivity contribution in [3.05, 3.63) is 59.6 Å². The lowest BCUT2D eigenvalue weighted by Crippen LogP contribution is -2.40. The zero-order valence-corrected chi connectivity index (χ0v) is 16.9. The van der Waals surface area contributed by atoms with E-state index in [9.17, 15) is 13.2 Å². The molecule has 1 aliphatic rings. The van der Waals surface area contributed by atoms with Crippen LogP contribution in [0, 0.1) is 6.92 Å². The highest BCUT2D eigenvalue weighted by atomic mass is 32.2. The summed E-state index contributed by atoms with van der Waals surface area (Å²) in [5.74, 6) is 0.586. The fourth-order valence-corrected chi connectivity index (χ4v) is 4.42. The third-order valence-corrected chi connectivity index (χ3v) is 6.31. The summed E-state index contributed by atoms with van der Waals surface area (Å²) in [6, 6.07) is 7.84. The molecule has 2 aromatic heterocycles. The zero-order chi connectivity index (χ0) is 20.6. The van der Waals surface area contributed by atoms with Crippen LogP contribution in [-0.2, 0) is 27.8 Å². The number of aryl methyl sites for hydroxylation is 1. The Kier molecular flexibility index (Phi) is 4.87. The molecule has 10 heteroatoms. The topological polar surface area (TPSA) is 110 Å². The number of fused-ring (bicyclic) bond motifs is 1. The highest BCUT2D eigenvalue weighted by Crippen LogP contribution is 2.25. The highest BCUT2D eigenvalue weighted by molar-refractivity contribution is 7.92. The number of carbonyl (C=O) groups is 1. The number of nitrogens with zero attached hydrogens (tertiary/aromatic N) is 4. The van der Waals surface area contributed by atoms with E-state index in [1.807, 2.05) is 0 Å². The van der Waals surface area contributed by atoms with E-state index in [0.717, 1.165) is 11.1 Å². The van der Waals surface area contributed by atoms with E-state index >= 15 is 0 Å². The fraction of sp³-hybridized carbons (Fsp3) is 0.316. The van der Waals surface area contributed by atoms with Crippen LogP contribution in [0.3, 0.4) is 0 Å². The highest BCUT2D eigenvalue weighted by Gasteiger charge is 2.27. The molecule has 3 heterocycles. The molecule has 152 valence electrons. The molecule has 29 heavy (non-hydrogen) atoms. The average molecular weight is 415 g/mol. The minimum atomic E-state index is -3.81. The van der Waals surface area contributed by atoms with Crippen molar-refractivity contribution in [1.29, 1.82) is 0 Å². The van der Waals surface area contributed by atoms with Crippen LogP contribution in [0.1, 0.15) is 29.9 Å². The minimum Gasteiger partial charge on any atom is -0.360 e. The van der Waals surface area contributed by atoms with Gasteiger partial charge in [0.2, 0.25) is 5.91 Å². The Bertz CT molecular complexity index is 1140. The molecule has 0 saturated heterocycles. The summed E-state index contributed by atoms with van der Waals surface area (Å²) in [5.41, 5.74) is 1.86. The van der Waals surface area contributed by atoms with Crippen LogP contribution in [0.2, 0.25) is 0 Å². The van der Waals surface area contributed by atoms with Crippen molar-refractivity contribution in [2.75, 3.05) is 11.3 Å². The molecule has 1 aliphatic heterocycles. The quantitative estimate of drug-likeness (QED) is 0.683. The molecule has 0 bridgehead atoms. The molecule has 9 nitrogen and oxygen atoms in total. The lowest BCUT2D eigenvalue weighted by Gasteiger charge is -2.31. The molecular formula is C19H21N5O4S. The number of carbonyl (C=O) groups excluding carboxylic acids is 1. The molecule has 0 aliphatic carbocycles. The number of hydrogen-bond acceptors (Lipinski definition) is 6. The predicted molar refractivity (Wildman–Crippen MR) is 105 cm³/mol. The van der Waals surface area contributed by atoms with E-state index in [-0.39, 0.29) is 16.6 Å². The number of amides is 1. The summed E-state index contributed by atoms with van der Waals surface area (Å²) in [5, 5.41) is 7.80. The van der Waals surface area contributed by atoms with Gasteiger partial charge < -0.3 is 9.42 Å². The van der Waals surface area contributed by atoms with E-state index in [1.165, 1.54) is 6.07 Å². The Morgan fingerprint density at radius 3 is 2.79 bits per heavy atom. The van der Waals surface area contributed by atoms with Gasteiger partial charge >= 0.3 is 0 Å². The van der Waals surface area contributed by atoms with E-state index < -0.39 is 16.1 Å². The summed E-state index contributed by atoms with van der Waals surface area (Å²) in [6.45, 7) is 4.42. The van der Waals surface area contributed by atoms with Crippen molar-refractivity contribution in [2.45, 2.75) is 37.8 Å². The summed E-state index contributed by atoms with van der Waals surface area (Å²) < 4.78 is 34.3. The van der Waals surface area contributed by atoms with Crippen LogP contribution in [-0.4, -0.2) is 40.7 Å². The average Bonchev–Trinajstić information content (AvgIpc) is 3.37. The van der Waals surface area contributed by atoms with Gasteiger partial charge in [0.25, 0.3) is 10.0 Å². The minimum absolute atomic E-state index is 0.0520. The molecule has 0 unspecified atom stereocenters. The lowest BCUT2D eigenvalue weighted by molar-refractivity contribution is -0.135. The SMILES string of the molecule is Cc1cc(NS(=O)(=O)c2ccc3c(c2)CN(C(=O)[C@@H](C)n2cccn2)CC3)no1. The lowest BCUT2D eigenvalue weighted by atomic mass is 9.99. The number of sulfonamides is 1. The van der Waals surface area contributed by atoms with Crippen molar-refractivity contribution < 1.29 is 17.7 Å². The van der Waals surface area contributed by atoms with Crippen LogP contribution < -0.4 is 4.72 Å².